The number of likely N-dealkylation sites (tertiary alicyclic amines) is 2. The lowest BCUT2D eigenvalue weighted by Gasteiger charge is -2.40. The Morgan fingerprint density at radius 2 is 1.48 bits per heavy atom. The Labute approximate surface area is 161 Å². The number of hydrogen-bond donors (Lipinski definition) is 1. The minimum Gasteiger partial charge on any atom is -0.478 e. The van der Waals surface area contributed by atoms with E-state index in [1.165, 1.54) is 43.5 Å². The maximum atomic E-state index is 11.0. The number of benzene rings is 2. The van der Waals surface area contributed by atoms with Crippen molar-refractivity contribution >= 4 is 5.97 Å². The fourth-order valence-corrected chi connectivity index (χ4v) is 4.79. The number of carboxylic acids is 1. The maximum absolute atomic E-state index is 11.0. The summed E-state index contributed by atoms with van der Waals surface area (Å²) in [6.07, 6.45) is 3.88. The minimum absolute atomic E-state index is 0.362. The van der Waals surface area contributed by atoms with Crippen LogP contribution in [-0.2, 0) is 13.1 Å². The summed E-state index contributed by atoms with van der Waals surface area (Å²) >= 11 is 0. The molecule has 2 aliphatic heterocycles. The summed E-state index contributed by atoms with van der Waals surface area (Å²) in [6, 6.07) is 18.1. The summed E-state index contributed by atoms with van der Waals surface area (Å²) in [7, 11) is 0. The smallest absolute Gasteiger partial charge is 0.335 e. The van der Waals surface area contributed by atoms with Crippen LogP contribution in [0.1, 0.15) is 40.7 Å². The molecule has 142 valence electrons. The molecule has 2 aromatic carbocycles. The molecule has 0 amide bonds. The summed E-state index contributed by atoms with van der Waals surface area (Å²) in [4.78, 5) is 16.2. The highest BCUT2D eigenvalue weighted by Gasteiger charge is 2.41. The highest BCUT2D eigenvalue weighted by atomic mass is 16.4. The van der Waals surface area contributed by atoms with E-state index in [9.17, 15) is 4.79 Å². The molecule has 4 heteroatoms. The topological polar surface area (TPSA) is 43.8 Å². The zero-order valence-electron chi connectivity index (χ0n) is 15.8. The normalized spacial score (nSPS) is 23.7. The Morgan fingerprint density at radius 1 is 0.852 bits per heavy atom. The van der Waals surface area contributed by atoms with Gasteiger partial charge in [-0.05, 0) is 61.0 Å². The molecule has 0 aromatic heterocycles. The third-order valence-electron chi connectivity index (χ3n) is 6.11. The Morgan fingerprint density at radius 3 is 2.15 bits per heavy atom. The number of nitrogens with zero attached hydrogens (tertiary/aromatic N) is 2. The first-order valence-corrected chi connectivity index (χ1v) is 9.93. The summed E-state index contributed by atoms with van der Waals surface area (Å²) in [5, 5.41) is 9.04. The number of carboxylic acid groups (broad SMARTS) is 1. The van der Waals surface area contributed by atoms with E-state index in [0.717, 1.165) is 26.2 Å². The van der Waals surface area contributed by atoms with Crippen molar-refractivity contribution in [1.82, 2.24) is 9.80 Å². The molecular weight excluding hydrogens is 336 g/mol. The van der Waals surface area contributed by atoms with Crippen LogP contribution in [0.3, 0.4) is 0 Å². The number of hydrogen-bond acceptors (Lipinski definition) is 3. The van der Waals surface area contributed by atoms with Crippen molar-refractivity contribution in [1.29, 1.82) is 0 Å². The zero-order chi connectivity index (χ0) is 18.7. The molecule has 2 fully saturated rings. The predicted octanol–water partition coefficient (Wildman–Crippen LogP) is 3.87. The Balaban J connectivity index is 1.35. The van der Waals surface area contributed by atoms with Crippen molar-refractivity contribution in [3.8, 4) is 0 Å². The van der Waals surface area contributed by atoms with E-state index in [1.807, 2.05) is 12.1 Å². The molecule has 4 nitrogen and oxygen atoms in total. The molecule has 2 aromatic rings. The van der Waals surface area contributed by atoms with Gasteiger partial charge in [-0.3, -0.25) is 9.80 Å². The van der Waals surface area contributed by atoms with Gasteiger partial charge in [0.25, 0.3) is 0 Å². The van der Waals surface area contributed by atoms with E-state index in [4.69, 9.17) is 5.11 Å². The van der Waals surface area contributed by atoms with E-state index in [-0.39, 0.29) is 0 Å². The largest absolute Gasteiger partial charge is 0.478 e. The molecular formula is C23H28N2O2. The number of piperidine rings is 1. The molecule has 2 aliphatic rings. The number of carbonyl (C=O) groups is 1. The van der Waals surface area contributed by atoms with Crippen LogP contribution in [0.15, 0.2) is 54.6 Å². The second-order valence-electron chi connectivity index (χ2n) is 8.26. The fourth-order valence-electron chi connectivity index (χ4n) is 4.79. The van der Waals surface area contributed by atoms with Crippen LogP contribution in [0.2, 0.25) is 0 Å². The van der Waals surface area contributed by atoms with Crippen molar-refractivity contribution in [3.05, 3.63) is 71.3 Å². The highest BCUT2D eigenvalue weighted by Crippen LogP contribution is 2.39. The van der Waals surface area contributed by atoms with Crippen LogP contribution < -0.4 is 0 Å². The van der Waals surface area contributed by atoms with Crippen molar-refractivity contribution in [2.75, 3.05) is 26.2 Å². The molecule has 0 saturated carbocycles. The van der Waals surface area contributed by atoms with Gasteiger partial charge in [0.15, 0.2) is 0 Å². The third-order valence-corrected chi connectivity index (χ3v) is 6.11. The lowest BCUT2D eigenvalue weighted by Crippen LogP contribution is -2.44. The van der Waals surface area contributed by atoms with E-state index >= 15 is 0 Å². The van der Waals surface area contributed by atoms with Crippen molar-refractivity contribution < 1.29 is 9.90 Å². The third kappa shape index (κ3) is 4.40. The quantitative estimate of drug-likeness (QED) is 0.875. The first-order chi connectivity index (χ1) is 13.1. The molecule has 2 heterocycles. The van der Waals surface area contributed by atoms with Gasteiger partial charge >= 0.3 is 5.97 Å². The average Bonchev–Trinajstić information content (AvgIpc) is 3.04. The van der Waals surface area contributed by atoms with E-state index < -0.39 is 5.97 Å². The molecule has 1 atom stereocenters. The van der Waals surface area contributed by atoms with Gasteiger partial charge in [0.1, 0.15) is 0 Å². The van der Waals surface area contributed by atoms with Gasteiger partial charge in [0.05, 0.1) is 5.56 Å². The summed E-state index contributed by atoms with van der Waals surface area (Å²) in [6.45, 7) is 6.65. The molecule has 4 rings (SSSR count). The van der Waals surface area contributed by atoms with Gasteiger partial charge < -0.3 is 5.11 Å². The minimum atomic E-state index is -0.859. The van der Waals surface area contributed by atoms with Crippen LogP contribution in [0, 0.1) is 5.41 Å². The molecule has 0 bridgehead atoms. The van der Waals surface area contributed by atoms with Crippen LogP contribution in [0.4, 0.5) is 0 Å². The number of rotatable bonds is 5. The maximum Gasteiger partial charge on any atom is 0.335 e. The van der Waals surface area contributed by atoms with Crippen LogP contribution >= 0.6 is 0 Å². The molecule has 1 unspecified atom stereocenters. The second-order valence-corrected chi connectivity index (χ2v) is 8.26. The summed E-state index contributed by atoms with van der Waals surface area (Å²) in [5.41, 5.74) is 3.39. The SMILES string of the molecule is O=C(O)c1ccc(CN2CCC3(CCCN(Cc4ccccc4)C3)C2)cc1. The highest BCUT2D eigenvalue weighted by molar-refractivity contribution is 5.87. The first-order valence-electron chi connectivity index (χ1n) is 9.93. The van der Waals surface area contributed by atoms with E-state index in [1.54, 1.807) is 12.1 Å². The van der Waals surface area contributed by atoms with Gasteiger partial charge in [0.2, 0.25) is 0 Å². The Hall–Kier alpha value is -2.17. The van der Waals surface area contributed by atoms with Gasteiger partial charge in [-0.1, -0.05) is 42.5 Å². The molecule has 1 spiro atoms. The molecule has 2 saturated heterocycles. The monoisotopic (exact) mass is 364 g/mol. The Bertz CT molecular complexity index is 775. The number of aromatic carboxylic acids is 1. The van der Waals surface area contributed by atoms with Gasteiger partial charge in [-0.2, -0.15) is 0 Å². The van der Waals surface area contributed by atoms with Crippen molar-refractivity contribution in [2.24, 2.45) is 5.41 Å². The van der Waals surface area contributed by atoms with Crippen LogP contribution in [0.5, 0.6) is 0 Å². The average molecular weight is 364 g/mol. The Kier molecular flexibility index (Phi) is 5.28. The summed E-state index contributed by atoms with van der Waals surface area (Å²) in [5.74, 6) is -0.859. The van der Waals surface area contributed by atoms with Crippen molar-refractivity contribution in [3.63, 3.8) is 0 Å². The van der Waals surface area contributed by atoms with E-state index in [0.29, 0.717) is 11.0 Å². The lowest BCUT2D eigenvalue weighted by molar-refractivity contribution is 0.0697. The molecule has 27 heavy (non-hydrogen) atoms. The van der Waals surface area contributed by atoms with Gasteiger partial charge in [-0.25, -0.2) is 4.79 Å². The van der Waals surface area contributed by atoms with Crippen LogP contribution in [0.25, 0.3) is 0 Å². The van der Waals surface area contributed by atoms with Gasteiger partial charge in [0, 0.05) is 26.2 Å². The van der Waals surface area contributed by atoms with Crippen molar-refractivity contribution in [2.45, 2.75) is 32.4 Å². The first kappa shape index (κ1) is 18.2. The molecule has 0 aliphatic carbocycles. The zero-order valence-corrected chi connectivity index (χ0v) is 15.8. The molecule has 1 N–H and O–H groups in total. The molecule has 0 radical (unpaired) electrons. The predicted molar refractivity (Wildman–Crippen MR) is 107 cm³/mol. The fraction of sp³-hybridized carbons (Fsp3) is 0.435. The van der Waals surface area contributed by atoms with E-state index in [2.05, 4.69) is 40.1 Å². The van der Waals surface area contributed by atoms with Gasteiger partial charge in [-0.15, -0.1) is 0 Å². The summed E-state index contributed by atoms with van der Waals surface area (Å²) < 4.78 is 0. The lowest BCUT2D eigenvalue weighted by atomic mass is 9.79. The standard InChI is InChI=1S/C23H28N2O2/c26-22(27)21-9-7-20(8-10-21)16-25-14-12-23(18-25)11-4-13-24(17-23)15-19-5-2-1-3-6-19/h1-3,5-10H,4,11-18H2,(H,26,27). The second kappa shape index (κ2) is 7.83. The van der Waals surface area contributed by atoms with Crippen LogP contribution in [-0.4, -0.2) is 47.1 Å².